The lowest BCUT2D eigenvalue weighted by atomic mass is 9.96. The van der Waals surface area contributed by atoms with E-state index in [4.69, 9.17) is 0 Å². The van der Waals surface area contributed by atoms with Crippen molar-refractivity contribution in [3.8, 4) is 33.6 Å². The Bertz CT molecular complexity index is 3480. The number of nitrogens with zero attached hydrogens (tertiary/aromatic N) is 3. The van der Waals surface area contributed by atoms with E-state index in [0.29, 0.717) is 0 Å². The van der Waals surface area contributed by atoms with E-state index < -0.39 is 0 Å². The monoisotopic (exact) mass is 809 g/mol. The number of fused-ring (bicyclic) bond motifs is 6. The van der Waals surface area contributed by atoms with E-state index in [1.165, 1.54) is 88.1 Å². The fraction of sp³-hybridized carbons (Fsp3) is 0.100. The molecule has 3 aliphatic carbocycles. The highest BCUT2D eigenvalue weighted by atomic mass is 15.1. The van der Waals surface area contributed by atoms with Crippen LogP contribution in [-0.2, 0) is 0 Å². The Morgan fingerprint density at radius 3 is 1.81 bits per heavy atom. The quantitative estimate of drug-likeness (QED) is 0.149. The van der Waals surface area contributed by atoms with Gasteiger partial charge in [0, 0.05) is 55.2 Å². The zero-order valence-corrected chi connectivity index (χ0v) is 35.3. The molecule has 3 nitrogen and oxygen atoms in total. The molecule has 63 heavy (non-hydrogen) atoms. The first kappa shape index (κ1) is 37.2. The molecule has 0 saturated carbocycles. The van der Waals surface area contributed by atoms with Crippen molar-refractivity contribution in [3.05, 3.63) is 222 Å². The van der Waals surface area contributed by atoms with E-state index in [-0.39, 0.29) is 0 Å². The highest BCUT2D eigenvalue weighted by Crippen LogP contribution is 2.42. The van der Waals surface area contributed by atoms with Gasteiger partial charge in [-0.25, -0.2) is 0 Å². The van der Waals surface area contributed by atoms with Gasteiger partial charge >= 0.3 is 0 Å². The Labute approximate surface area is 368 Å². The molecule has 0 radical (unpaired) electrons. The molecule has 0 unspecified atom stereocenters. The van der Waals surface area contributed by atoms with Crippen molar-refractivity contribution >= 4 is 61.8 Å². The Morgan fingerprint density at radius 1 is 0.365 bits per heavy atom. The van der Waals surface area contributed by atoms with Crippen molar-refractivity contribution in [2.45, 2.75) is 38.5 Å². The fourth-order valence-electron chi connectivity index (χ4n) is 10.2. The zero-order valence-electron chi connectivity index (χ0n) is 35.3. The standard InChI is InChI=1S/C60H47N3/c1-5-17-42(18-6-1)44-29-32-50(33-30-44)63-58-28-16-14-26-54(58)56-36-34-51(41-60(56)63)61(48-21-9-3-10-22-48)52-38-46(43-19-7-2-8-20-43)37-47(39-52)45-31-35-55-53-25-13-15-27-57(53)62(59(55)40-45)49-23-11-4-12-24-49/h2,4-5,7-9,11-12,14,16-41H,1,3,6,10,13,15H2. The number of para-hydroxylation sites is 2. The maximum Gasteiger partial charge on any atom is 0.0561 e. The van der Waals surface area contributed by atoms with Gasteiger partial charge in [-0.1, -0.05) is 140 Å². The number of hydrogen-bond donors (Lipinski definition) is 0. The third kappa shape index (κ3) is 6.60. The van der Waals surface area contributed by atoms with Gasteiger partial charge in [-0.2, -0.15) is 0 Å². The van der Waals surface area contributed by atoms with Gasteiger partial charge in [0.05, 0.1) is 16.6 Å². The molecule has 2 aromatic heterocycles. The minimum atomic E-state index is 1.000. The van der Waals surface area contributed by atoms with Crippen LogP contribution in [0, 0.1) is 0 Å². The number of hydrogen-bond acceptors (Lipinski definition) is 1. The van der Waals surface area contributed by atoms with Crippen molar-refractivity contribution in [2.75, 3.05) is 4.90 Å². The van der Waals surface area contributed by atoms with Crippen LogP contribution >= 0.6 is 0 Å². The van der Waals surface area contributed by atoms with E-state index in [2.05, 4.69) is 226 Å². The summed E-state index contributed by atoms with van der Waals surface area (Å²) in [4.78, 5) is 2.48. The Kier molecular flexibility index (Phi) is 9.26. The lowest BCUT2D eigenvalue weighted by molar-refractivity contribution is 0.997. The van der Waals surface area contributed by atoms with Gasteiger partial charge in [-0.05, 0) is 145 Å². The normalized spacial score (nSPS) is 14.6. The smallest absolute Gasteiger partial charge is 0.0561 e. The average Bonchev–Trinajstić information content (AvgIpc) is 3.87. The van der Waals surface area contributed by atoms with Crippen molar-refractivity contribution in [1.29, 1.82) is 0 Å². The zero-order chi connectivity index (χ0) is 41.7. The van der Waals surface area contributed by atoms with E-state index >= 15 is 0 Å². The van der Waals surface area contributed by atoms with Crippen LogP contribution in [0.1, 0.15) is 44.1 Å². The summed E-state index contributed by atoms with van der Waals surface area (Å²) in [6.07, 6.45) is 25.1. The third-order valence-corrected chi connectivity index (χ3v) is 13.1. The molecule has 0 spiro atoms. The van der Waals surface area contributed by atoms with Gasteiger partial charge < -0.3 is 14.0 Å². The van der Waals surface area contributed by atoms with Crippen molar-refractivity contribution < 1.29 is 0 Å². The predicted molar refractivity (Wildman–Crippen MR) is 267 cm³/mol. The highest BCUT2D eigenvalue weighted by Gasteiger charge is 2.21. The van der Waals surface area contributed by atoms with Gasteiger partial charge in [0.1, 0.15) is 0 Å². The molecule has 0 amide bonds. The molecule has 0 N–H and O–H groups in total. The second-order valence-corrected chi connectivity index (χ2v) is 17.0. The van der Waals surface area contributed by atoms with Crippen LogP contribution in [0.25, 0.3) is 84.1 Å². The van der Waals surface area contributed by atoms with Gasteiger partial charge in [-0.15, -0.1) is 0 Å². The first-order chi connectivity index (χ1) is 31.2. The summed E-state index contributed by atoms with van der Waals surface area (Å²) in [6.45, 7) is 0. The van der Waals surface area contributed by atoms with E-state index in [1.54, 1.807) is 0 Å². The minimum absolute atomic E-state index is 1.000. The molecular weight excluding hydrogens is 763 g/mol. The van der Waals surface area contributed by atoms with Crippen molar-refractivity contribution in [3.63, 3.8) is 0 Å². The van der Waals surface area contributed by atoms with Crippen LogP contribution in [0.4, 0.5) is 11.4 Å². The van der Waals surface area contributed by atoms with Gasteiger partial charge in [0.15, 0.2) is 0 Å². The highest BCUT2D eigenvalue weighted by molar-refractivity contribution is 6.10. The molecule has 0 atom stereocenters. The molecule has 0 saturated heterocycles. The average molecular weight is 810 g/mol. The number of anilines is 2. The fourth-order valence-corrected chi connectivity index (χ4v) is 10.2. The van der Waals surface area contributed by atoms with Crippen molar-refractivity contribution in [2.24, 2.45) is 0 Å². The number of allylic oxidation sites excluding steroid dienone is 7. The van der Waals surface area contributed by atoms with E-state index in [9.17, 15) is 0 Å². The second-order valence-electron chi connectivity index (χ2n) is 17.0. The van der Waals surface area contributed by atoms with Gasteiger partial charge in [0.25, 0.3) is 0 Å². The molecule has 3 aliphatic rings. The molecule has 3 heteroatoms. The van der Waals surface area contributed by atoms with Gasteiger partial charge in [-0.3, -0.25) is 0 Å². The van der Waals surface area contributed by atoms with E-state index in [1.807, 2.05) is 0 Å². The molecule has 12 rings (SSSR count). The lowest BCUT2D eigenvalue weighted by Gasteiger charge is -2.29. The van der Waals surface area contributed by atoms with Crippen LogP contribution in [0.5, 0.6) is 0 Å². The molecule has 9 aromatic rings. The van der Waals surface area contributed by atoms with Crippen LogP contribution in [0.15, 0.2) is 206 Å². The second kappa shape index (κ2) is 15.7. The van der Waals surface area contributed by atoms with Crippen LogP contribution in [0.2, 0.25) is 0 Å². The number of benzene rings is 7. The molecule has 2 heterocycles. The van der Waals surface area contributed by atoms with E-state index in [0.717, 1.165) is 55.6 Å². The third-order valence-electron chi connectivity index (χ3n) is 13.1. The summed E-state index contributed by atoms with van der Waals surface area (Å²) in [5, 5.41) is 6.44. The lowest BCUT2D eigenvalue weighted by Crippen LogP contribution is -2.30. The SMILES string of the molecule is C1=CC(c2ccc(-n3c4ccccc4c4ccc(N(C5=CCCC=C5)c5cc(-c6ccccc6)cc(-c6ccc7c8c(n(-c9ccccc9)c7c6)=CCCC=8)c5)cc43)cc2)=CCC1. The first-order valence-electron chi connectivity index (χ1n) is 22.5. The van der Waals surface area contributed by atoms with Crippen LogP contribution < -0.4 is 15.5 Å². The molecule has 0 bridgehead atoms. The molecular formula is C60H47N3. The summed E-state index contributed by atoms with van der Waals surface area (Å²) in [5.41, 5.74) is 16.7. The van der Waals surface area contributed by atoms with Crippen LogP contribution in [-0.4, -0.2) is 9.13 Å². The van der Waals surface area contributed by atoms with Crippen molar-refractivity contribution in [1.82, 2.24) is 9.13 Å². The summed E-state index contributed by atoms with van der Waals surface area (Å²) < 4.78 is 4.91. The maximum atomic E-state index is 2.48. The van der Waals surface area contributed by atoms with Gasteiger partial charge in [0.2, 0.25) is 0 Å². The Hall–Kier alpha value is -7.62. The summed E-state index contributed by atoms with van der Waals surface area (Å²) in [6, 6.07) is 61.0. The summed E-state index contributed by atoms with van der Waals surface area (Å²) in [5.74, 6) is 0. The Balaban J connectivity index is 1.06. The first-order valence-corrected chi connectivity index (χ1v) is 22.5. The maximum absolute atomic E-state index is 2.48. The summed E-state index contributed by atoms with van der Waals surface area (Å²) in [7, 11) is 0. The van der Waals surface area contributed by atoms with Crippen LogP contribution in [0.3, 0.4) is 0 Å². The topological polar surface area (TPSA) is 13.1 Å². The largest absolute Gasteiger partial charge is 0.311 e. The minimum Gasteiger partial charge on any atom is -0.311 e. The number of aromatic nitrogens is 2. The molecule has 7 aromatic carbocycles. The predicted octanol–water partition coefficient (Wildman–Crippen LogP) is 14.5. The number of rotatable bonds is 8. The molecule has 0 fully saturated rings. The Morgan fingerprint density at radius 2 is 1.02 bits per heavy atom. The molecule has 0 aliphatic heterocycles. The molecule has 302 valence electrons. The summed E-state index contributed by atoms with van der Waals surface area (Å²) >= 11 is 0.